The minimum absolute atomic E-state index is 0.0668. The summed E-state index contributed by atoms with van der Waals surface area (Å²) in [7, 11) is 0. The maximum absolute atomic E-state index is 12.7. The number of rotatable bonds is 3. The van der Waals surface area contributed by atoms with Gasteiger partial charge in [0.05, 0.1) is 5.75 Å². The van der Waals surface area contributed by atoms with Gasteiger partial charge in [-0.1, -0.05) is 36.1 Å². The molecule has 1 saturated heterocycles. The number of hydrogen-bond acceptors (Lipinski definition) is 3. The summed E-state index contributed by atoms with van der Waals surface area (Å²) in [4.78, 5) is 13.0. The van der Waals surface area contributed by atoms with Crippen molar-refractivity contribution in [2.75, 3.05) is 12.3 Å². The fraction of sp³-hybridized carbons (Fsp3) is 0.273. The minimum atomic E-state index is -0.243. The molecule has 0 aliphatic carbocycles. The van der Waals surface area contributed by atoms with Crippen molar-refractivity contribution in [1.29, 1.82) is 0 Å². The predicted octanol–water partition coefficient (Wildman–Crippen LogP) is 2.23. The van der Waals surface area contributed by atoms with Gasteiger partial charge in [-0.05, 0) is 24.1 Å². The summed E-state index contributed by atoms with van der Waals surface area (Å²) in [5.74, 6) is 0.270. The summed E-state index contributed by atoms with van der Waals surface area (Å²) in [6, 6.07) is 6.31. The molecule has 2 nitrogen and oxygen atoms in total. The Morgan fingerprint density at radius 3 is 2.62 bits per heavy atom. The fourth-order valence-corrected chi connectivity index (χ4v) is 2.61. The molecule has 0 saturated carbocycles. The number of benzene rings is 1. The zero-order valence-corrected chi connectivity index (χ0v) is 10.1. The van der Waals surface area contributed by atoms with Crippen LogP contribution in [-0.2, 0) is 11.2 Å². The van der Waals surface area contributed by atoms with Crippen LogP contribution in [0.3, 0.4) is 0 Å². The van der Waals surface area contributed by atoms with Crippen molar-refractivity contribution >= 4 is 34.2 Å². The molecule has 1 aromatic rings. The standard InChI is InChI=1S/C11H10FNOS2/c12-9-3-1-8(2-4-9)5-6-13-10(14)7-16-11(13)15/h1-4H,5-7H2. The summed E-state index contributed by atoms with van der Waals surface area (Å²) in [5, 5.41) is 0. The molecule has 0 spiro atoms. The lowest BCUT2D eigenvalue weighted by Gasteiger charge is -2.14. The number of thiocarbonyl (C=S) groups is 1. The fourth-order valence-electron chi connectivity index (χ4n) is 1.49. The molecule has 1 aliphatic heterocycles. The first kappa shape index (κ1) is 11.5. The number of hydrogen-bond donors (Lipinski definition) is 0. The van der Waals surface area contributed by atoms with E-state index in [1.54, 1.807) is 17.0 Å². The van der Waals surface area contributed by atoms with E-state index in [2.05, 4.69) is 0 Å². The lowest BCUT2D eigenvalue weighted by Crippen LogP contribution is -2.30. The monoisotopic (exact) mass is 255 g/mol. The van der Waals surface area contributed by atoms with Crippen LogP contribution in [0.2, 0.25) is 0 Å². The Bertz CT molecular complexity index is 402. The van der Waals surface area contributed by atoms with Crippen LogP contribution in [0.5, 0.6) is 0 Å². The summed E-state index contributed by atoms with van der Waals surface area (Å²) in [6.45, 7) is 0.580. The molecular weight excluding hydrogens is 245 g/mol. The Labute approximate surface area is 103 Å². The number of carbonyl (C=O) groups excluding carboxylic acids is 1. The van der Waals surface area contributed by atoms with Gasteiger partial charge in [0.15, 0.2) is 0 Å². The molecular formula is C11H10FNOS2. The molecule has 16 heavy (non-hydrogen) atoms. The zero-order valence-electron chi connectivity index (χ0n) is 8.48. The van der Waals surface area contributed by atoms with Crippen molar-refractivity contribution in [3.05, 3.63) is 35.6 Å². The maximum atomic E-state index is 12.7. The van der Waals surface area contributed by atoms with E-state index in [0.717, 1.165) is 5.56 Å². The summed E-state index contributed by atoms with van der Waals surface area (Å²) < 4.78 is 13.3. The molecule has 1 heterocycles. The molecule has 1 amide bonds. The highest BCUT2D eigenvalue weighted by molar-refractivity contribution is 8.23. The van der Waals surface area contributed by atoms with Crippen LogP contribution in [0.25, 0.3) is 0 Å². The van der Waals surface area contributed by atoms with E-state index in [9.17, 15) is 9.18 Å². The van der Waals surface area contributed by atoms with E-state index >= 15 is 0 Å². The van der Waals surface area contributed by atoms with Gasteiger partial charge in [-0.3, -0.25) is 9.69 Å². The molecule has 1 fully saturated rings. The Morgan fingerprint density at radius 2 is 2.06 bits per heavy atom. The van der Waals surface area contributed by atoms with Crippen molar-refractivity contribution in [3.8, 4) is 0 Å². The number of halogens is 1. The van der Waals surface area contributed by atoms with Gasteiger partial charge in [0.25, 0.3) is 0 Å². The second-order valence-corrected chi connectivity index (χ2v) is 5.09. The molecule has 1 aromatic carbocycles. The molecule has 0 N–H and O–H groups in total. The van der Waals surface area contributed by atoms with Crippen molar-refractivity contribution in [1.82, 2.24) is 4.90 Å². The molecule has 1 aliphatic rings. The molecule has 0 aromatic heterocycles. The van der Waals surface area contributed by atoms with Crippen molar-refractivity contribution < 1.29 is 9.18 Å². The highest BCUT2D eigenvalue weighted by Gasteiger charge is 2.25. The number of nitrogens with zero attached hydrogens (tertiary/aromatic N) is 1. The van der Waals surface area contributed by atoms with Gasteiger partial charge in [0, 0.05) is 6.54 Å². The smallest absolute Gasteiger partial charge is 0.238 e. The van der Waals surface area contributed by atoms with E-state index < -0.39 is 0 Å². The van der Waals surface area contributed by atoms with Gasteiger partial charge >= 0.3 is 0 Å². The van der Waals surface area contributed by atoms with Gasteiger partial charge in [0.2, 0.25) is 5.91 Å². The van der Waals surface area contributed by atoms with Gasteiger partial charge in [-0.25, -0.2) is 4.39 Å². The summed E-state index contributed by atoms with van der Waals surface area (Å²) in [5.41, 5.74) is 1.01. The van der Waals surface area contributed by atoms with Crippen molar-refractivity contribution in [2.24, 2.45) is 0 Å². The Hall–Kier alpha value is -0.940. The second-order valence-electron chi connectivity index (χ2n) is 3.48. The van der Waals surface area contributed by atoms with Crippen molar-refractivity contribution in [3.63, 3.8) is 0 Å². The average Bonchev–Trinajstić information content (AvgIpc) is 2.59. The van der Waals surface area contributed by atoms with Crippen LogP contribution in [0.4, 0.5) is 4.39 Å². The maximum Gasteiger partial charge on any atom is 0.238 e. The number of carbonyl (C=O) groups is 1. The average molecular weight is 255 g/mol. The number of thioether (sulfide) groups is 1. The van der Waals surface area contributed by atoms with E-state index in [0.29, 0.717) is 23.0 Å². The van der Waals surface area contributed by atoms with Gasteiger partial charge in [-0.15, -0.1) is 0 Å². The zero-order chi connectivity index (χ0) is 11.5. The predicted molar refractivity (Wildman–Crippen MR) is 66.9 cm³/mol. The third kappa shape index (κ3) is 2.59. The first-order valence-electron chi connectivity index (χ1n) is 4.88. The van der Waals surface area contributed by atoms with Crippen LogP contribution in [0, 0.1) is 5.82 Å². The molecule has 84 valence electrons. The molecule has 0 unspecified atom stereocenters. The van der Waals surface area contributed by atoms with Crippen LogP contribution >= 0.6 is 24.0 Å². The molecule has 0 radical (unpaired) electrons. The van der Waals surface area contributed by atoms with E-state index in [-0.39, 0.29) is 11.7 Å². The Morgan fingerprint density at radius 1 is 1.38 bits per heavy atom. The lowest BCUT2D eigenvalue weighted by atomic mass is 10.1. The van der Waals surface area contributed by atoms with Crippen LogP contribution in [-0.4, -0.2) is 27.4 Å². The highest BCUT2D eigenvalue weighted by Crippen LogP contribution is 2.19. The lowest BCUT2D eigenvalue weighted by molar-refractivity contribution is -0.123. The molecule has 5 heteroatoms. The Balaban J connectivity index is 1.94. The van der Waals surface area contributed by atoms with E-state index in [1.807, 2.05) is 0 Å². The molecule has 0 atom stereocenters. The highest BCUT2D eigenvalue weighted by atomic mass is 32.2. The van der Waals surface area contributed by atoms with Gasteiger partial charge in [-0.2, -0.15) is 0 Å². The van der Waals surface area contributed by atoms with Crippen molar-refractivity contribution in [2.45, 2.75) is 6.42 Å². The Kier molecular flexibility index (Phi) is 3.56. The van der Waals surface area contributed by atoms with E-state index in [1.165, 1.54) is 23.9 Å². The SMILES string of the molecule is O=C1CSC(=S)N1CCc1ccc(F)cc1. The second kappa shape index (κ2) is 4.93. The normalized spacial score (nSPS) is 15.9. The third-order valence-electron chi connectivity index (χ3n) is 2.38. The summed E-state index contributed by atoms with van der Waals surface area (Å²) >= 11 is 6.46. The molecule has 0 bridgehead atoms. The van der Waals surface area contributed by atoms with Gasteiger partial charge < -0.3 is 0 Å². The van der Waals surface area contributed by atoms with Crippen LogP contribution in [0.15, 0.2) is 24.3 Å². The quantitative estimate of drug-likeness (QED) is 0.773. The largest absolute Gasteiger partial charge is 0.297 e. The number of amides is 1. The summed E-state index contributed by atoms with van der Waals surface area (Å²) in [6.07, 6.45) is 0.701. The first-order valence-corrected chi connectivity index (χ1v) is 6.28. The van der Waals surface area contributed by atoms with Crippen LogP contribution in [0.1, 0.15) is 5.56 Å². The molecule has 2 rings (SSSR count). The topological polar surface area (TPSA) is 20.3 Å². The third-order valence-corrected chi connectivity index (χ3v) is 3.81. The van der Waals surface area contributed by atoms with Gasteiger partial charge in [0.1, 0.15) is 10.1 Å². The van der Waals surface area contributed by atoms with Crippen LogP contribution < -0.4 is 0 Å². The first-order chi connectivity index (χ1) is 7.66. The van der Waals surface area contributed by atoms with E-state index in [4.69, 9.17) is 12.2 Å². The minimum Gasteiger partial charge on any atom is -0.297 e.